The topological polar surface area (TPSA) is 63.4 Å². The molecule has 2 amide bonds. The van der Waals surface area contributed by atoms with E-state index in [2.05, 4.69) is 6.92 Å². The Morgan fingerprint density at radius 2 is 1.30 bits per heavy atom. The first-order chi connectivity index (χ1) is 16.0. The lowest BCUT2D eigenvalue weighted by atomic mass is 9.98. The Bertz CT molecular complexity index is 722. The molecule has 0 saturated carbocycles. The second-order valence-electron chi connectivity index (χ2n) is 9.77. The van der Waals surface area contributed by atoms with Crippen molar-refractivity contribution in [1.82, 2.24) is 0 Å². The van der Waals surface area contributed by atoms with Crippen molar-refractivity contribution in [3.05, 3.63) is 23.2 Å². The fourth-order valence-corrected chi connectivity index (χ4v) is 4.92. The van der Waals surface area contributed by atoms with E-state index in [-0.39, 0.29) is 17.7 Å². The van der Waals surface area contributed by atoms with Gasteiger partial charge in [-0.1, -0.05) is 121 Å². The predicted octanol–water partition coefficient (Wildman–Crippen LogP) is 8.45. The van der Waals surface area contributed by atoms with Crippen LogP contribution in [-0.4, -0.2) is 11.8 Å². The zero-order chi connectivity index (χ0) is 23.9. The molecule has 4 nitrogen and oxygen atoms in total. The van der Waals surface area contributed by atoms with Crippen LogP contribution in [0.25, 0.3) is 0 Å². The van der Waals surface area contributed by atoms with E-state index in [0.717, 1.165) is 19.3 Å². The van der Waals surface area contributed by atoms with E-state index in [1.165, 1.54) is 94.8 Å². The zero-order valence-corrected chi connectivity index (χ0v) is 21.5. The van der Waals surface area contributed by atoms with Crippen LogP contribution in [0.5, 0.6) is 0 Å². The maximum absolute atomic E-state index is 12.7. The Hall–Kier alpha value is -1.55. The van der Waals surface area contributed by atoms with Crippen LogP contribution in [-0.2, 0) is 9.59 Å². The van der Waals surface area contributed by atoms with E-state index in [4.69, 9.17) is 17.3 Å². The van der Waals surface area contributed by atoms with Gasteiger partial charge in [-0.3, -0.25) is 14.5 Å². The van der Waals surface area contributed by atoms with Gasteiger partial charge < -0.3 is 5.73 Å². The molecule has 0 aliphatic carbocycles. The van der Waals surface area contributed by atoms with Gasteiger partial charge in [0.1, 0.15) is 0 Å². The summed E-state index contributed by atoms with van der Waals surface area (Å²) in [6, 6.07) is 4.93. The lowest BCUT2D eigenvalue weighted by Crippen LogP contribution is -2.30. The molecule has 1 aromatic carbocycles. The normalized spacial score (nSPS) is 16.2. The van der Waals surface area contributed by atoms with Crippen molar-refractivity contribution in [3.8, 4) is 0 Å². The molecular weight excluding hydrogens is 432 g/mol. The monoisotopic (exact) mass is 476 g/mol. The first kappa shape index (κ1) is 27.7. The summed E-state index contributed by atoms with van der Waals surface area (Å²) < 4.78 is 0. The molecule has 1 unspecified atom stereocenters. The minimum absolute atomic E-state index is 0.0947. The lowest BCUT2D eigenvalue weighted by Gasteiger charge is -2.16. The SMILES string of the molecule is CCCCCCCCCCCCCCCCCCC1CC(=O)N(c2ccc(Cl)c(N)c2)C1=O. The maximum Gasteiger partial charge on any atom is 0.237 e. The fraction of sp³-hybridized carbons (Fsp3) is 0.714. The molecule has 1 fully saturated rings. The molecule has 5 heteroatoms. The van der Waals surface area contributed by atoms with Crippen LogP contribution in [0.3, 0.4) is 0 Å². The highest BCUT2D eigenvalue weighted by Gasteiger charge is 2.39. The van der Waals surface area contributed by atoms with Gasteiger partial charge in [0.25, 0.3) is 0 Å². The summed E-state index contributed by atoms with van der Waals surface area (Å²) >= 11 is 5.96. The highest BCUT2D eigenvalue weighted by molar-refractivity contribution is 6.33. The van der Waals surface area contributed by atoms with E-state index < -0.39 is 0 Å². The minimum Gasteiger partial charge on any atom is -0.397 e. The molecule has 0 spiro atoms. The van der Waals surface area contributed by atoms with Crippen LogP contribution in [0.1, 0.15) is 122 Å². The number of unbranched alkanes of at least 4 members (excludes halogenated alkanes) is 15. The minimum atomic E-state index is -0.193. The summed E-state index contributed by atoms with van der Waals surface area (Å²) in [6.45, 7) is 2.27. The number of carbonyl (C=O) groups is 2. The van der Waals surface area contributed by atoms with Gasteiger partial charge in [-0.15, -0.1) is 0 Å². The predicted molar refractivity (Wildman–Crippen MR) is 141 cm³/mol. The third-order valence-electron chi connectivity index (χ3n) is 6.88. The fourth-order valence-electron chi connectivity index (χ4n) is 4.80. The van der Waals surface area contributed by atoms with E-state index in [0.29, 0.717) is 22.8 Å². The van der Waals surface area contributed by atoms with Crippen molar-refractivity contribution in [2.24, 2.45) is 5.92 Å². The Kier molecular flexibility index (Phi) is 13.5. The lowest BCUT2D eigenvalue weighted by molar-refractivity contribution is -0.122. The number of imide groups is 1. The molecule has 33 heavy (non-hydrogen) atoms. The highest BCUT2D eigenvalue weighted by atomic mass is 35.5. The average Bonchev–Trinajstić information content (AvgIpc) is 3.08. The molecule has 1 aliphatic rings. The molecule has 1 aliphatic heterocycles. The molecule has 186 valence electrons. The number of amides is 2. The summed E-state index contributed by atoms with van der Waals surface area (Å²) in [5.74, 6) is -0.424. The number of nitrogens with two attached hydrogens (primary N) is 1. The molecule has 1 heterocycles. The number of halogens is 1. The Morgan fingerprint density at radius 3 is 1.79 bits per heavy atom. The number of nitrogen functional groups attached to an aromatic ring is 1. The summed E-state index contributed by atoms with van der Waals surface area (Å²) in [5.41, 5.74) is 6.75. The molecule has 0 radical (unpaired) electrons. The summed E-state index contributed by atoms with van der Waals surface area (Å²) in [6.07, 6.45) is 22.4. The van der Waals surface area contributed by atoms with Crippen LogP contribution >= 0.6 is 11.6 Å². The van der Waals surface area contributed by atoms with Gasteiger partial charge in [-0.25, -0.2) is 0 Å². The van der Waals surface area contributed by atoms with Crippen LogP contribution in [0.15, 0.2) is 18.2 Å². The number of rotatable bonds is 18. The second-order valence-corrected chi connectivity index (χ2v) is 10.2. The van der Waals surface area contributed by atoms with Gasteiger partial charge in [-0.2, -0.15) is 0 Å². The van der Waals surface area contributed by atoms with E-state index in [9.17, 15) is 9.59 Å². The standard InChI is InChI=1S/C28H45ClN2O2/c1-2-3-4-5-6-7-8-9-10-11-12-13-14-15-16-17-18-23-21-27(32)31(28(23)33)24-19-20-25(29)26(30)22-24/h19-20,22-23H,2-18,21,30H2,1H3. The summed E-state index contributed by atoms with van der Waals surface area (Å²) in [4.78, 5) is 26.4. The first-order valence-corrected chi connectivity index (χ1v) is 13.8. The zero-order valence-electron chi connectivity index (χ0n) is 20.8. The van der Waals surface area contributed by atoms with Gasteiger partial charge in [0, 0.05) is 12.3 Å². The number of hydrogen-bond acceptors (Lipinski definition) is 3. The van der Waals surface area contributed by atoms with Crippen LogP contribution in [0, 0.1) is 5.92 Å². The quantitative estimate of drug-likeness (QED) is 0.131. The number of benzene rings is 1. The third-order valence-corrected chi connectivity index (χ3v) is 7.23. The van der Waals surface area contributed by atoms with Gasteiger partial charge in [0.05, 0.1) is 16.4 Å². The Morgan fingerprint density at radius 1 is 0.818 bits per heavy atom. The largest absolute Gasteiger partial charge is 0.397 e. The number of nitrogens with zero attached hydrogens (tertiary/aromatic N) is 1. The van der Waals surface area contributed by atoms with Crippen molar-refractivity contribution in [2.75, 3.05) is 10.6 Å². The number of carbonyl (C=O) groups excluding carboxylic acids is 2. The second kappa shape index (κ2) is 16.1. The van der Waals surface area contributed by atoms with Crippen molar-refractivity contribution in [1.29, 1.82) is 0 Å². The number of anilines is 2. The van der Waals surface area contributed by atoms with Gasteiger partial charge in [0.2, 0.25) is 11.8 Å². The molecule has 0 bridgehead atoms. The van der Waals surface area contributed by atoms with E-state index in [1.807, 2.05) is 0 Å². The van der Waals surface area contributed by atoms with Crippen molar-refractivity contribution in [3.63, 3.8) is 0 Å². The summed E-state index contributed by atoms with van der Waals surface area (Å²) in [5, 5.41) is 0.433. The van der Waals surface area contributed by atoms with Crippen LogP contribution < -0.4 is 10.6 Å². The molecular formula is C28H45ClN2O2. The van der Waals surface area contributed by atoms with E-state index >= 15 is 0 Å². The Labute approximate surface area is 206 Å². The van der Waals surface area contributed by atoms with Crippen molar-refractivity contribution >= 4 is 34.8 Å². The molecule has 2 rings (SSSR count). The maximum atomic E-state index is 12.7. The first-order valence-electron chi connectivity index (χ1n) is 13.5. The van der Waals surface area contributed by atoms with Crippen molar-refractivity contribution in [2.45, 2.75) is 122 Å². The van der Waals surface area contributed by atoms with E-state index in [1.54, 1.807) is 18.2 Å². The molecule has 2 N–H and O–H groups in total. The highest BCUT2D eigenvalue weighted by Crippen LogP contribution is 2.32. The van der Waals surface area contributed by atoms with Crippen molar-refractivity contribution < 1.29 is 9.59 Å². The molecule has 1 aromatic rings. The number of hydrogen-bond donors (Lipinski definition) is 1. The average molecular weight is 477 g/mol. The molecule has 0 aromatic heterocycles. The van der Waals surface area contributed by atoms with Gasteiger partial charge in [0.15, 0.2) is 0 Å². The third kappa shape index (κ3) is 10.1. The van der Waals surface area contributed by atoms with Gasteiger partial charge >= 0.3 is 0 Å². The van der Waals surface area contributed by atoms with Gasteiger partial charge in [-0.05, 0) is 24.6 Å². The molecule has 1 atom stereocenters. The smallest absolute Gasteiger partial charge is 0.237 e. The summed E-state index contributed by atoms with van der Waals surface area (Å²) in [7, 11) is 0. The Balaban J connectivity index is 1.46. The van der Waals surface area contributed by atoms with Crippen LogP contribution in [0.2, 0.25) is 5.02 Å². The molecule has 1 saturated heterocycles. The van der Waals surface area contributed by atoms with Crippen LogP contribution in [0.4, 0.5) is 11.4 Å².